The van der Waals surface area contributed by atoms with Gasteiger partial charge in [0.1, 0.15) is 5.82 Å². The molecule has 1 saturated carbocycles. The lowest BCUT2D eigenvalue weighted by atomic mass is 9.88. The third-order valence-electron chi connectivity index (χ3n) is 5.54. The molecule has 8 heteroatoms. The highest BCUT2D eigenvalue weighted by Gasteiger charge is 2.31. The number of piperidine rings is 1. The molecule has 0 aromatic carbocycles. The minimum absolute atomic E-state index is 0.236. The highest BCUT2D eigenvalue weighted by Crippen LogP contribution is 2.31. The Morgan fingerprint density at radius 1 is 1.36 bits per heavy atom. The molecule has 1 aromatic rings. The lowest BCUT2D eigenvalue weighted by Crippen LogP contribution is -2.49. The van der Waals surface area contributed by atoms with Crippen LogP contribution in [0.5, 0.6) is 0 Å². The van der Waals surface area contributed by atoms with Crippen LogP contribution in [0.4, 0.5) is 10.2 Å². The van der Waals surface area contributed by atoms with Crippen molar-refractivity contribution in [2.24, 2.45) is 5.92 Å². The number of carboxylic acids is 1. The number of nitrogens with one attached hydrogen (secondary N) is 1. The Bertz CT molecular complexity index is 727. The van der Waals surface area contributed by atoms with E-state index in [2.05, 4.69) is 37.8 Å². The number of anilines is 1. The number of carboxylic acid groups (broad SMARTS) is 1. The quantitative estimate of drug-likeness (QED) is 0.229. The molecule has 1 aromatic heterocycles. The average Bonchev–Trinajstić information content (AvgIpc) is 2.67. The third kappa shape index (κ3) is 5.79. The third-order valence-corrected chi connectivity index (χ3v) is 7.48. The normalized spacial score (nSPS) is 24.9. The first-order chi connectivity index (χ1) is 13.4. The van der Waals surface area contributed by atoms with Crippen LogP contribution in [0.2, 0.25) is 5.02 Å². The van der Waals surface area contributed by atoms with Gasteiger partial charge in [-0.2, -0.15) is 4.39 Å². The lowest BCUT2D eigenvalue weighted by molar-refractivity contribution is -0.134. The molecule has 28 heavy (non-hydrogen) atoms. The van der Waals surface area contributed by atoms with Gasteiger partial charge in [-0.25, -0.2) is 9.78 Å². The minimum atomic E-state index is -1.61. The first-order valence-electron chi connectivity index (χ1n) is 9.84. The van der Waals surface area contributed by atoms with Gasteiger partial charge in [0.15, 0.2) is 0 Å². The van der Waals surface area contributed by atoms with Crippen LogP contribution in [0.1, 0.15) is 50.5 Å². The van der Waals surface area contributed by atoms with E-state index in [9.17, 15) is 9.18 Å². The number of aliphatic carboxylic acids is 1. The lowest BCUT2D eigenvalue weighted by Gasteiger charge is -2.41. The Kier molecular flexibility index (Phi) is 7.93. The molecular weight excluding hydrogens is 496 g/mol. The summed E-state index contributed by atoms with van der Waals surface area (Å²) < 4.78 is 13.6. The molecule has 1 unspecified atom stereocenters. The SMILES string of the molecule is O=C(O)C(F)=Cc1cnc(N[C@@H]2CCCN(CC3CCCCC3)C2I)c(Cl)c1. The van der Waals surface area contributed by atoms with Crippen LogP contribution in [0.25, 0.3) is 6.08 Å². The van der Waals surface area contributed by atoms with Crippen LogP contribution in [-0.4, -0.2) is 44.1 Å². The van der Waals surface area contributed by atoms with Crippen molar-refractivity contribution >= 4 is 52.1 Å². The van der Waals surface area contributed by atoms with E-state index in [0.717, 1.165) is 37.9 Å². The van der Waals surface area contributed by atoms with Crippen LogP contribution in [0.3, 0.4) is 0 Å². The molecule has 5 nitrogen and oxygen atoms in total. The van der Waals surface area contributed by atoms with Gasteiger partial charge in [-0.15, -0.1) is 0 Å². The summed E-state index contributed by atoms with van der Waals surface area (Å²) in [6.07, 6.45) is 11.3. The van der Waals surface area contributed by atoms with Gasteiger partial charge >= 0.3 is 5.97 Å². The number of halogens is 3. The van der Waals surface area contributed by atoms with E-state index in [1.54, 1.807) is 0 Å². The fourth-order valence-electron chi connectivity index (χ4n) is 4.09. The monoisotopic (exact) mass is 521 g/mol. The predicted octanol–water partition coefficient (Wildman–Crippen LogP) is 5.35. The van der Waals surface area contributed by atoms with E-state index in [-0.39, 0.29) is 6.04 Å². The Hall–Kier alpha value is -0.930. The predicted molar refractivity (Wildman–Crippen MR) is 119 cm³/mol. The zero-order valence-corrected chi connectivity index (χ0v) is 18.6. The molecule has 1 aliphatic heterocycles. The maximum atomic E-state index is 13.3. The average molecular weight is 522 g/mol. The van der Waals surface area contributed by atoms with Crippen LogP contribution < -0.4 is 5.32 Å². The molecule has 0 spiro atoms. The molecule has 3 rings (SSSR count). The van der Waals surface area contributed by atoms with Gasteiger partial charge in [-0.3, -0.25) is 4.90 Å². The minimum Gasteiger partial charge on any atom is -0.476 e. The number of likely N-dealkylation sites (tertiary alicyclic amines) is 1. The highest BCUT2D eigenvalue weighted by molar-refractivity contribution is 14.1. The Morgan fingerprint density at radius 2 is 2.11 bits per heavy atom. The molecule has 0 radical (unpaired) electrons. The van der Waals surface area contributed by atoms with Gasteiger partial charge in [0, 0.05) is 12.7 Å². The summed E-state index contributed by atoms with van der Waals surface area (Å²) in [6.45, 7) is 2.28. The van der Waals surface area contributed by atoms with Gasteiger partial charge in [-0.05, 0) is 55.9 Å². The van der Waals surface area contributed by atoms with E-state index in [0.29, 0.717) is 20.5 Å². The first kappa shape index (κ1) is 21.8. The van der Waals surface area contributed by atoms with Crippen LogP contribution in [0, 0.1) is 5.92 Å². The summed E-state index contributed by atoms with van der Waals surface area (Å²) in [5.41, 5.74) is 0.323. The number of hydrogen-bond acceptors (Lipinski definition) is 4. The molecule has 154 valence electrons. The van der Waals surface area contributed by atoms with Crippen molar-refractivity contribution in [3.05, 3.63) is 28.7 Å². The van der Waals surface area contributed by atoms with Crippen molar-refractivity contribution in [3.8, 4) is 0 Å². The molecule has 0 bridgehead atoms. The summed E-state index contributed by atoms with van der Waals surface area (Å²) in [5, 5.41) is 12.4. The number of nitrogens with zero attached hydrogens (tertiary/aromatic N) is 2. The summed E-state index contributed by atoms with van der Waals surface area (Å²) in [4.78, 5) is 17.5. The Balaban J connectivity index is 1.63. The molecule has 2 atom stereocenters. The second-order valence-corrected chi connectivity index (χ2v) is 9.34. The molecule has 2 N–H and O–H groups in total. The molecule has 2 fully saturated rings. The number of hydrogen-bond donors (Lipinski definition) is 2. The number of aromatic nitrogens is 1. The van der Waals surface area contributed by atoms with Gasteiger partial charge < -0.3 is 10.4 Å². The van der Waals surface area contributed by atoms with E-state index in [1.807, 2.05) is 0 Å². The van der Waals surface area contributed by atoms with Crippen molar-refractivity contribution in [3.63, 3.8) is 0 Å². The van der Waals surface area contributed by atoms with Crippen LogP contribution in [0.15, 0.2) is 18.1 Å². The zero-order valence-electron chi connectivity index (χ0n) is 15.7. The smallest absolute Gasteiger partial charge is 0.364 e. The second kappa shape index (κ2) is 10.2. The van der Waals surface area contributed by atoms with Crippen molar-refractivity contribution < 1.29 is 14.3 Å². The van der Waals surface area contributed by atoms with E-state index < -0.39 is 11.8 Å². The fraction of sp³-hybridized carbons (Fsp3) is 0.600. The summed E-state index contributed by atoms with van der Waals surface area (Å²) in [7, 11) is 0. The highest BCUT2D eigenvalue weighted by atomic mass is 127. The zero-order chi connectivity index (χ0) is 20.1. The largest absolute Gasteiger partial charge is 0.476 e. The van der Waals surface area contributed by atoms with Gasteiger partial charge in [0.05, 0.1) is 15.1 Å². The number of rotatable bonds is 6. The first-order valence-corrected chi connectivity index (χ1v) is 11.5. The molecule has 1 aliphatic carbocycles. The number of carbonyl (C=O) groups is 1. The van der Waals surface area contributed by atoms with Gasteiger partial charge in [0.2, 0.25) is 5.83 Å². The van der Waals surface area contributed by atoms with Crippen LogP contribution in [-0.2, 0) is 4.79 Å². The number of alkyl halides is 1. The fourth-order valence-corrected chi connectivity index (χ4v) is 5.36. The van der Waals surface area contributed by atoms with Crippen molar-refractivity contribution in [1.82, 2.24) is 9.88 Å². The Labute approximate surface area is 183 Å². The van der Waals surface area contributed by atoms with Gasteiger partial charge in [0.25, 0.3) is 0 Å². The standard InChI is InChI=1S/C20H26ClFIN3O2/c21-15-9-14(10-16(22)20(27)28)11-24-19(15)25-17-7-4-8-26(18(17)23)12-13-5-2-1-3-6-13/h9-11,13,17-18H,1-8,12H2,(H,24,25)(H,27,28)/t17-,18?/m1/s1. The van der Waals surface area contributed by atoms with Crippen molar-refractivity contribution in [2.45, 2.75) is 55.0 Å². The van der Waals surface area contributed by atoms with Crippen molar-refractivity contribution in [1.29, 1.82) is 0 Å². The maximum Gasteiger partial charge on any atom is 0.364 e. The molecular formula is C20H26ClFIN3O2. The second-order valence-electron chi connectivity index (χ2n) is 7.66. The maximum absolute atomic E-state index is 13.3. The van der Waals surface area contributed by atoms with Crippen LogP contribution >= 0.6 is 34.2 Å². The van der Waals surface area contributed by atoms with Gasteiger partial charge in [-0.1, -0.05) is 53.5 Å². The summed E-state index contributed by atoms with van der Waals surface area (Å²) in [5.74, 6) is -1.48. The molecule has 2 heterocycles. The van der Waals surface area contributed by atoms with E-state index >= 15 is 0 Å². The van der Waals surface area contributed by atoms with Crippen molar-refractivity contribution in [2.75, 3.05) is 18.4 Å². The topological polar surface area (TPSA) is 65.5 Å². The Morgan fingerprint density at radius 3 is 2.79 bits per heavy atom. The summed E-state index contributed by atoms with van der Waals surface area (Å²) in [6, 6.07) is 1.77. The molecule has 0 amide bonds. The number of pyridine rings is 1. The van der Waals surface area contributed by atoms with E-state index in [4.69, 9.17) is 16.7 Å². The van der Waals surface area contributed by atoms with E-state index in [1.165, 1.54) is 44.4 Å². The molecule has 1 saturated heterocycles. The summed E-state index contributed by atoms with van der Waals surface area (Å²) >= 11 is 8.82. The molecule has 2 aliphatic rings.